The molecule has 0 saturated heterocycles. The van der Waals surface area contributed by atoms with Crippen LogP contribution in [0.15, 0.2) is 24.3 Å². The molecule has 2 N–H and O–H groups in total. The summed E-state index contributed by atoms with van der Waals surface area (Å²) >= 11 is 0. The molecule has 5 nitrogen and oxygen atoms in total. The zero-order chi connectivity index (χ0) is 16.5. The minimum Gasteiger partial charge on any atom is -0.382 e. The van der Waals surface area contributed by atoms with E-state index in [1.165, 1.54) is 12.8 Å². The predicted molar refractivity (Wildman–Crippen MR) is 90.5 cm³/mol. The summed E-state index contributed by atoms with van der Waals surface area (Å²) in [5.74, 6) is -0.201. The van der Waals surface area contributed by atoms with Gasteiger partial charge in [0.05, 0.1) is 11.3 Å². The fourth-order valence-electron chi connectivity index (χ4n) is 2.82. The molecule has 0 unspecified atom stereocenters. The Bertz CT molecular complexity index is 525. The SMILES string of the molecule is CCOCCCC(=O)Nc1ccccc1C(=O)NC1CCCC1. The minimum absolute atomic E-state index is 0.0918. The topological polar surface area (TPSA) is 67.4 Å². The number of carbonyl (C=O) groups excluding carboxylic acids is 2. The second-order valence-corrected chi connectivity index (χ2v) is 5.85. The van der Waals surface area contributed by atoms with Crippen LogP contribution < -0.4 is 10.6 Å². The largest absolute Gasteiger partial charge is 0.382 e. The molecule has 0 spiro atoms. The molecule has 0 bridgehead atoms. The van der Waals surface area contributed by atoms with Crippen molar-refractivity contribution in [2.24, 2.45) is 0 Å². The van der Waals surface area contributed by atoms with Gasteiger partial charge in [-0.25, -0.2) is 0 Å². The second kappa shape index (κ2) is 9.30. The van der Waals surface area contributed by atoms with Crippen LogP contribution in [0.3, 0.4) is 0 Å². The molecule has 1 fully saturated rings. The van der Waals surface area contributed by atoms with Crippen LogP contribution in [-0.2, 0) is 9.53 Å². The van der Waals surface area contributed by atoms with Gasteiger partial charge < -0.3 is 15.4 Å². The zero-order valence-electron chi connectivity index (χ0n) is 13.8. The van der Waals surface area contributed by atoms with Gasteiger partial charge in [0.25, 0.3) is 5.91 Å². The highest BCUT2D eigenvalue weighted by molar-refractivity contribution is 6.03. The van der Waals surface area contributed by atoms with E-state index in [0.29, 0.717) is 37.3 Å². The number of nitrogens with one attached hydrogen (secondary N) is 2. The average molecular weight is 318 g/mol. The summed E-state index contributed by atoms with van der Waals surface area (Å²) in [4.78, 5) is 24.4. The van der Waals surface area contributed by atoms with Crippen molar-refractivity contribution in [1.29, 1.82) is 0 Å². The van der Waals surface area contributed by atoms with Crippen molar-refractivity contribution in [3.63, 3.8) is 0 Å². The highest BCUT2D eigenvalue weighted by atomic mass is 16.5. The Morgan fingerprint density at radius 2 is 1.96 bits per heavy atom. The van der Waals surface area contributed by atoms with Crippen molar-refractivity contribution in [2.75, 3.05) is 18.5 Å². The third-order valence-corrected chi connectivity index (χ3v) is 4.03. The van der Waals surface area contributed by atoms with Gasteiger partial charge in [0.2, 0.25) is 5.91 Å². The van der Waals surface area contributed by atoms with E-state index in [2.05, 4.69) is 10.6 Å². The molecule has 1 aliphatic rings. The first-order chi connectivity index (χ1) is 11.2. The first-order valence-electron chi connectivity index (χ1n) is 8.48. The lowest BCUT2D eigenvalue weighted by Gasteiger charge is -2.15. The van der Waals surface area contributed by atoms with Crippen molar-refractivity contribution in [2.45, 2.75) is 51.5 Å². The summed E-state index contributed by atoms with van der Waals surface area (Å²) < 4.78 is 5.23. The number of amides is 2. The fourth-order valence-corrected chi connectivity index (χ4v) is 2.82. The van der Waals surface area contributed by atoms with E-state index in [-0.39, 0.29) is 17.9 Å². The van der Waals surface area contributed by atoms with Gasteiger partial charge in [-0.3, -0.25) is 9.59 Å². The van der Waals surface area contributed by atoms with Gasteiger partial charge in [-0.15, -0.1) is 0 Å². The molecule has 0 aliphatic heterocycles. The maximum absolute atomic E-state index is 12.4. The van der Waals surface area contributed by atoms with Gasteiger partial charge in [-0.05, 0) is 38.3 Å². The quantitative estimate of drug-likeness (QED) is 0.724. The molecule has 23 heavy (non-hydrogen) atoms. The summed E-state index contributed by atoms with van der Waals surface area (Å²) in [5.41, 5.74) is 1.10. The van der Waals surface area contributed by atoms with Crippen LogP contribution in [0.5, 0.6) is 0 Å². The molecule has 0 aromatic heterocycles. The summed E-state index contributed by atoms with van der Waals surface area (Å²) in [7, 11) is 0. The molecule has 2 rings (SSSR count). The molecule has 1 aromatic carbocycles. The summed E-state index contributed by atoms with van der Waals surface area (Å²) in [6, 6.07) is 7.41. The van der Waals surface area contributed by atoms with E-state index >= 15 is 0 Å². The Labute approximate surface area is 137 Å². The highest BCUT2D eigenvalue weighted by Crippen LogP contribution is 2.20. The second-order valence-electron chi connectivity index (χ2n) is 5.85. The molecular weight excluding hydrogens is 292 g/mol. The number of rotatable bonds is 8. The maximum Gasteiger partial charge on any atom is 0.253 e. The molecule has 0 heterocycles. The van der Waals surface area contributed by atoms with Crippen LogP contribution in [0.2, 0.25) is 0 Å². The normalized spacial score (nSPS) is 14.7. The Morgan fingerprint density at radius 3 is 2.70 bits per heavy atom. The lowest BCUT2D eigenvalue weighted by molar-refractivity contribution is -0.116. The van der Waals surface area contributed by atoms with E-state index < -0.39 is 0 Å². The van der Waals surface area contributed by atoms with E-state index in [4.69, 9.17) is 4.74 Å². The first-order valence-corrected chi connectivity index (χ1v) is 8.48. The van der Waals surface area contributed by atoms with E-state index in [9.17, 15) is 9.59 Å². The van der Waals surface area contributed by atoms with Crippen molar-refractivity contribution in [1.82, 2.24) is 5.32 Å². The van der Waals surface area contributed by atoms with Crippen molar-refractivity contribution < 1.29 is 14.3 Å². The number of benzene rings is 1. The van der Waals surface area contributed by atoms with Crippen LogP contribution >= 0.6 is 0 Å². The molecule has 126 valence electrons. The van der Waals surface area contributed by atoms with Gasteiger partial charge in [-0.1, -0.05) is 25.0 Å². The van der Waals surface area contributed by atoms with E-state index in [1.807, 2.05) is 19.1 Å². The highest BCUT2D eigenvalue weighted by Gasteiger charge is 2.19. The summed E-state index contributed by atoms with van der Waals surface area (Å²) in [5, 5.41) is 5.90. The fraction of sp³-hybridized carbons (Fsp3) is 0.556. The third kappa shape index (κ3) is 5.67. The first kappa shape index (κ1) is 17.5. The Morgan fingerprint density at radius 1 is 1.22 bits per heavy atom. The number of hydrogen-bond acceptors (Lipinski definition) is 3. The smallest absolute Gasteiger partial charge is 0.253 e. The van der Waals surface area contributed by atoms with E-state index in [1.54, 1.807) is 12.1 Å². The third-order valence-electron chi connectivity index (χ3n) is 4.03. The van der Waals surface area contributed by atoms with E-state index in [0.717, 1.165) is 12.8 Å². The average Bonchev–Trinajstić information content (AvgIpc) is 3.05. The number of anilines is 1. The minimum atomic E-state index is -0.109. The molecule has 0 atom stereocenters. The van der Waals surface area contributed by atoms with Crippen LogP contribution in [0, 0.1) is 0 Å². The van der Waals surface area contributed by atoms with Crippen molar-refractivity contribution in [3.05, 3.63) is 29.8 Å². The predicted octanol–water partition coefficient (Wildman–Crippen LogP) is 3.11. The standard InChI is InChI=1S/C18H26N2O3/c1-2-23-13-7-12-17(21)20-16-11-6-5-10-15(16)18(22)19-14-8-3-4-9-14/h5-6,10-11,14H,2-4,7-9,12-13H2,1H3,(H,19,22)(H,20,21). The van der Waals surface area contributed by atoms with Gasteiger partial charge in [0.1, 0.15) is 0 Å². The molecule has 2 amide bonds. The van der Waals surface area contributed by atoms with Crippen LogP contribution in [0.25, 0.3) is 0 Å². The van der Waals surface area contributed by atoms with Crippen LogP contribution in [-0.4, -0.2) is 31.1 Å². The van der Waals surface area contributed by atoms with Crippen molar-refractivity contribution >= 4 is 17.5 Å². The lowest BCUT2D eigenvalue weighted by atomic mass is 10.1. The molecule has 0 radical (unpaired) electrons. The number of carbonyl (C=O) groups is 2. The monoisotopic (exact) mass is 318 g/mol. The van der Waals surface area contributed by atoms with Crippen molar-refractivity contribution in [3.8, 4) is 0 Å². The molecular formula is C18H26N2O3. The Hall–Kier alpha value is -1.88. The van der Waals surface area contributed by atoms with Crippen LogP contribution in [0.1, 0.15) is 55.8 Å². The van der Waals surface area contributed by atoms with Crippen LogP contribution in [0.4, 0.5) is 5.69 Å². The molecule has 5 heteroatoms. The Balaban J connectivity index is 1.91. The lowest BCUT2D eigenvalue weighted by Crippen LogP contribution is -2.33. The van der Waals surface area contributed by atoms with Gasteiger partial charge >= 0.3 is 0 Å². The Kier molecular flexibility index (Phi) is 7.07. The molecule has 1 aliphatic carbocycles. The summed E-state index contributed by atoms with van der Waals surface area (Å²) in [6.45, 7) is 3.17. The van der Waals surface area contributed by atoms with Gasteiger partial charge in [-0.2, -0.15) is 0 Å². The maximum atomic E-state index is 12.4. The molecule has 1 saturated carbocycles. The number of hydrogen-bond donors (Lipinski definition) is 2. The van der Waals surface area contributed by atoms with Gasteiger partial charge in [0, 0.05) is 25.7 Å². The zero-order valence-corrected chi connectivity index (χ0v) is 13.8. The number of para-hydroxylation sites is 1. The van der Waals surface area contributed by atoms with Gasteiger partial charge in [0.15, 0.2) is 0 Å². The summed E-state index contributed by atoms with van der Waals surface area (Å²) in [6.07, 6.45) is 5.48. The number of ether oxygens (including phenoxy) is 1. The molecule has 1 aromatic rings.